The first-order valence-electron chi connectivity index (χ1n) is 6.37. The van der Waals surface area contributed by atoms with Gasteiger partial charge in [0.15, 0.2) is 0 Å². The van der Waals surface area contributed by atoms with Crippen LogP contribution in [-0.4, -0.2) is 49.0 Å². The van der Waals surface area contributed by atoms with Crippen molar-refractivity contribution in [3.05, 3.63) is 12.4 Å². The first-order valence-corrected chi connectivity index (χ1v) is 8.61. The van der Waals surface area contributed by atoms with Crippen LogP contribution in [0.25, 0.3) is 11.0 Å². The Labute approximate surface area is 131 Å². The van der Waals surface area contributed by atoms with Crippen molar-refractivity contribution in [1.82, 2.24) is 14.5 Å². The highest BCUT2D eigenvalue weighted by Crippen LogP contribution is 2.34. The van der Waals surface area contributed by atoms with E-state index in [-0.39, 0.29) is 13.2 Å². The van der Waals surface area contributed by atoms with Gasteiger partial charge in [-0.05, 0) is 12.5 Å². The molecule has 0 aliphatic carbocycles. The average molecular weight is 348 g/mol. The summed E-state index contributed by atoms with van der Waals surface area (Å²) in [4.78, 5) is 25.5. The van der Waals surface area contributed by atoms with Gasteiger partial charge >= 0.3 is 7.60 Å². The zero-order chi connectivity index (χ0) is 16.3. The third-order valence-electron chi connectivity index (χ3n) is 3.07. The molecular weight excluding hydrogens is 331 g/mol. The number of ether oxygens (including phenoxy) is 1. The molecule has 0 saturated heterocycles. The number of fused-ring (bicyclic) bond motifs is 1. The molecule has 2 aromatic heterocycles. The average Bonchev–Trinajstić information content (AvgIpc) is 2.76. The van der Waals surface area contributed by atoms with Gasteiger partial charge in [0, 0.05) is 6.61 Å². The number of hydrogen-bond donors (Lipinski definition) is 5. The molecule has 2 rings (SSSR count). The van der Waals surface area contributed by atoms with E-state index in [9.17, 15) is 9.67 Å². The van der Waals surface area contributed by atoms with Gasteiger partial charge in [0.1, 0.15) is 24.1 Å². The van der Waals surface area contributed by atoms with Gasteiger partial charge in [0.25, 0.3) is 0 Å². The van der Waals surface area contributed by atoms with E-state index >= 15 is 0 Å². The third kappa shape index (κ3) is 3.97. The van der Waals surface area contributed by atoms with Crippen LogP contribution in [0.4, 0.5) is 5.82 Å². The molecule has 0 aliphatic rings. The fraction of sp³-hybridized carbons (Fsp3) is 0.455. The molecule has 1 unspecified atom stereocenters. The highest BCUT2D eigenvalue weighted by molar-refractivity contribution is 7.80. The van der Waals surface area contributed by atoms with Crippen molar-refractivity contribution in [2.45, 2.75) is 17.5 Å². The zero-order valence-corrected chi connectivity index (χ0v) is 13.3. The number of thiol groups is 1. The topological polar surface area (TPSA) is 144 Å². The SMILES string of the molecule is Nc1ncnc2c1cc(S)n2C(CO)CCOCP(=O)(O)O. The minimum absolute atomic E-state index is 0.0732. The van der Waals surface area contributed by atoms with Crippen LogP contribution in [0.2, 0.25) is 0 Å². The van der Waals surface area contributed by atoms with Crippen LogP contribution in [0.5, 0.6) is 0 Å². The summed E-state index contributed by atoms with van der Waals surface area (Å²) in [5.41, 5.74) is 6.31. The Morgan fingerprint density at radius 1 is 1.45 bits per heavy atom. The van der Waals surface area contributed by atoms with Crippen LogP contribution in [0.1, 0.15) is 12.5 Å². The maximum absolute atomic E-state index is 10.7. The fourth-order valence-electron chi connectivity index (χ4n) is 2.10. The number of aliphatic hydroxyl groups is 1. The molecule has 22 heavy (non-hydrogen) atoms. The largest absolute Gasteiger partial charge is 0.394 e. The Bertz CT molecular complexity index is 703. The second-order valence-corrected chi connectivity index (χ2v) is 6.74. The van der Waals surface area contributed by atoms with Gasteiger partial charge in [0.2, 0.25) is 0 Å². The summed E-state index contributed by atoms with van der Waals surface area (Å²) >= 11 is 4.35. The zero-order valence-electron chi connectivity index (χ0n) is 11.5. The van der Waals surface area contributed by atoms with E-state index in [4.69, 9.17) is 20.3 Å². The number of rotatable bonds is 7. The van der Waals surface area contributed by atoms with Crippen LogP contribution in [0, 0.1) is 0 Å². The van der Waals surface area contributed by atoms with Gasteiger partial charge in [0.05, 0.1) is 23.1 Å². The van der Waals surface area contributed by atoms with Crippen molar-refractivity contribution in [2.75, 3.05) is 25.3 Å². The molecule has 1 atom stereocenters. The number of nitrogens with two attached hydrogens (primary N) is 1. The third-order valence-corrected chi connectivity index (χ3v) is 3.94. The Hall–Kier alpha value is -1.16. The monoisotopic (exact) mass is 348 g/mol. The van der Waals surface area contributed by atoms with E-state index in [2.05, 4.69) is 22.6 Å². The second-order valence-electron chi connectivity index (χ2n) is 4.70. The minimum Gasteiger partial charge on any atom is -0.394 e. The molecule has 2 heterocycles. The van der Waals surface area contributed by atoms with E-state index in [0.717, 1.165) is 0 Å². The lowest BCUT2D eigenvalue weighted by molar-refractivity contribution is 0.125. The summed E-state index contributed by atoms with van der Waals surface area (Å²) in [5.74, 6) is 0.313. The quantitative estimate of drug-likeness (QED) is 0.274. The molecule has 9 nitrogen and oxygen atoms in total. The standard InChI is InChI=1S/C11H17N4O5PS/c12-10-8-3-9(22)15(11(8)14-5-13-10)7(4-16)1-2-20-6-21(17,18)19/h3,5,7,16,22H,1-2,4,6H2,(H2,12,13,14)(H2,17,18,19). The maximum atomic E-state index is 10.7. The van der Waals surface area contributed by atoms with Crippen molar-refractivity contribution < 1.29 is 24.2 Å². The number of nitrogens with zero attached hydrogens (tertiary/aromatic N) is 3. The van der Waals surface area contributed by atoms with E-state index in [0.29, 0.717) is 28.3 Å². The summed E-state index contributed by atoms with van der Waals surface area (Å²) < 4.78 is 17.3. The van der Waals surface area contributed by atoms with E-state index in [1.165, 1.54) is 6.33 Å². The first kappa shape index (κ1) is 17.2. The fourth-order valence-corrected chi connectivity index (χ4v) is 2.86. The molecule has 122 valence electrons. The Kier molecular flexibility index (Phi) is 5.43. The van der Waals surface area contributed by atoms with Gasteiger partial charge in [-0.3, -0.25) is 4.57 Å². The lowest BCUT2D eigenvalue weighted by Crippen LogP contribution is -2.17. The van der Waals surface area contributed by atoms with Crippen molar-refractivity contribution in [1.29, 1.82) is 0 Å². The van der Waals surface area contributed by atoms with Gasteiger partial charge in [-0.2, -0.15) is 0 Å². The Morgan fingerprint density at radius 2 is 2.18 bits per heavy atom. The van der Waals surface area contributed by atoms with E-state index in [1.54, 1.807) is 10.6 Å². The molecule has 2 aromatic rings. The summed E-state index contributed by atoms with van der Waals surface area (Å²) in [5, 5.41) is 10.8. The molecule has 0 radical (unpaired) electrons. The summed E-state index contributed by atoms with van der Waals surface area (Å²) in [6.07, 6.45) is 0.998. The molecule has 5 N–H and O–H groups in total. The molecule has 0 bridgehead atoms. The highest BCUT2D eigenvalue weighted by Gasteiger charge is 2.19. The normalized spacial score (nSPS) is 13.6. The van der Waals surface area contributed by atoms with E-state index < -0.39 is 20.0 Å². The Balaban J connectivity index is 2.16. The van der Waals surface area contributed by atoms with Crippen LogP contribution in [0.15, 0.2) is 17.4 Å². The molecule has 0 amide bonds. The number of aliphatic hydroxyl groups excluding tert-OH is 1. The molecule has 11 heteroatoms. The van der Waals surface area contributed by atoms with Crippen LogP contribution in [0.3, 0.4) is 0 Å². The van der Waals surface area contributed by atoms with Gasteiger partial charge in [-0.25, -0.2) is 9.97 Å². The number of aromatic nitrogens is 3. The van der Waals surface area contributed by atoms with Gasteiger partial charge in [-0.15, -0.1) is 12.6 Å². The molecule has 0 saturated carbocycles. The first-order chi connectivity index (χ1) is 10.3. The van der Waals surface area contributed by atoms with Gasteiger partial charge < -0.3 is 29.9 Å². The van der Waals surface area contributed by atoms with Crippen LogP contribution >= 0.6 is 20.2 Å². The van der Waals surface area contributed by atoms with Crippen LogP contribution < -0.4 is 5.73 Å². The lowest BCUT2D eigenvalue weighted by atomic mass is 10.2. The smallest absolute Gasteiger partial charge is 0.350 e. The highest BCUT2D eigenvalue weighted by atomic mass is 32.1. The van der Waals surface area contributed by atoms with Crippen molar-refractivity contribution in [3.8, 4) is 0 Å². The molecule has 0 fully saturated rings. The summed E-state index contributed by atoms with van der Waals surface area (Å²) in [6, 6.07) is 1.29. The van der Waals surface area contributed by atoms with Crippen molar-refractivity contribution in [3.63, 3.8) is 0 Å². The predicted molar refractivity (Wildman–Crippen MR) is 82.8 cm³/mol. The molecule has 0 spiro atoms. The minimum atomic E-state index is -4.19. The molecule has 0 aliphatic heterocycles. The summed E-state index contributed by atoms with van der Waals surface area (Å²) in [7, 11) is -4.19. The number of nitrogen functional groups attached to an aromatic ring is 1. The van der Waals surface area contributed by atoms with Crippen LogP contribution in [-0.2, 0) is 9.30 Å². The second kappa shape index (κ2) is 6.95. The number of anilines is 1. The van der Waals surface area contributed by atoms with Crippen molar-refractivity contribution in [2.24, 2.45) is 0 Å². The van der Waals surface area contributed by atoms with Gasteiger partial charge in [-0.1, -0.05) is 0 Å². The maximum Gasteiger partial charge on any atom is 0.350 e. The molecule has 0 aromatic carbocycles. The lowest BCUT2D eigenvalue weighted by Gasteiger charge is -2.19. The van der Waals surface area contributed by atoms with E-state index in [1.807, 2.05) is 0 Å². The number of hydrogen-bond acceptors (Lipinski definition) is 7. The Morgan fingerprint density at radius 3 is 2.82 bits per heavy atom. The molecular formula is C11H17N4O5PS. The summed E-state index contributed by atoms with van der Waals surface area (Å²) in [6.45, 7) is -0.135. The van der Waals surface area contributed by atoms with Crippen molar-refractivity contribution >= 4 is 37.1 Å². The predicted octanol–water partition coefficient (Wildman–Crippen LogP) is 0.378.